The van der Waals surface area contributed by atoms with Gasteiger partial charge in [-0.3, -0.25) is 10.1 Å². The maximum atomic E-state index is 13.2. The molecule has 0 saturated carbocycles. The molecule has 0 unspecified atom stereocenters. The zero-order valence-corrected chi connectivity index (χ0v) is 18.9. The summed E-state index contributed by atoms with van der Waals surface area (Å²) in [7, 11) is 0. The standard InChI is InChI=1S/C26H24F6N2O2/c27-25(28,29)21-11-18(12-22(13-21)26(30,31)32)14-36-15-23(34-16-33-17-35)24(19-7-3-1-4-8-19)20-9-5-2-6-10-20/h1-13,17,23-24,34H,14-16H2,(H,33,35)/t23-/m1/s1. The molecule has 0 fully saturated rings. The Hall–Kier alpha value is -3.37. The van der Waals surface area contributed by atoms with Gasteiger partial charge in [0.05, 0.1) is 31.0 Å². The molecule has 1 amide bonds. The third-order valence-electron chi connectivity index (χ3n) is 5.48. The first-order valence-corrected chi connectivity index (χ1v) is 11.0. The summed E-state index contributed by atoms with van der Waals surface area (Å²) in [6.45, 7) is -0.454. The number of hydrogen-bond donors (Lipinski definition) is 2. The van der Waals surface area contributed by atoms with Gasteiger partial charge in [-0.2, -0.15) is 26.3 Å². The first kappa shape index (κ1) is 27.2. The van der Waals surface area contributed by atoms with E-state index in [-0.39, 0.29) is 30.8 Å². The van der Waals surface area contributed by atoms with Gasteiger partial charge in [0, 0.05) is 12.0 Å². The molecule has 0 radical (unpaired) electrons. The number of ether oxygens (including phenoxy) is 1. The number of halogens is 6. The number of hydrogen-bond acceptors (Lipinski definition) is 3. The van der Waals surface area contributed by atoms with Crippen molar-refractivity contribution in [1.29, 1.82) is 0 Å². The average molecular weight is 510 g/mol. The van der Waals surface area contributed by atoms with Crippen LogP contribution in [-0.2, 0) is 28.5 Å². The Bertz CT molecular complexity index is 1030. The fourth-order valence-corrected chi connectivity index (χ4v) is 3.89. The minimum absolute atomic E-state index is 0.0629. The Morgan fingerprint density at radius 2 is 1.28 bits per heavy atom. The molecule has 36 heavy (non-hydrogen) atoms. The molecule has 1 atom stereocenters. The lowest BCUT2D eigenvalue weighted by Crippen LogP contribution is -2.43. The van der Waals surface area contributed by atoms with Crippen molar-refractivity contribution in [3.63, 3.8) is 0 Å². The SMILES string of the molecule is O=CNCN[C@H](COCc1cc(C(F)(F)F)cc(C(F)(F)F)c1)C(c1ccccc1)c1ccccc1. The number of carbonyl (C=O) groups excluding carboxylic acids is 1. The summed E-state index contributed by atoms with van der Waals surface area (Å²) in [6.07, 6.45) is -9.37. The van der Waals surface area contributed by atoms with Crippen molar-refractivity contribution in [1.82, 2.24) is 10.6 Å². The zero-order chi connectivity index (χ0) is 26.2. The minimum atomic E-state index is -4.94. The van der Waals surface area contributed by atoms with Crippen LogP contribution in [0.4, 0.5) is 26.3 Å². The van der Waals surface area contributed by atoms with E-state index in [0.717, 1.165) is 11.1 Å². The van der Waals surface area contributed by atoms with Crippen LogP contribution < -0.4 is 10.6 Å². The van der Waals surface area contributed by atoms with Crippen LogP contribution >= 0.6 is 0 Å². The van der Waals surface area contributed by atoms with Crippen LogP contribution in [0.2, 0.25) is 0 Å². The van der Waals surface area contributed by atoms with E-state index in [1.165, 1.54) is 0 Å². The Kier molecular flexibility index (Phi) is 9.11. The molecule has 10 heteroatoms. The van der Waals surface area contributed by atoms with E-state index in [1.807, 2.05) is 60.7 Å². The van der Waals surface area contributed by atoms with E-state index in [9.17, 15) is 31.1 Å². The molecule has 3 rings (SSSR count). The molecule has 0 spiro atoms. The Morgan fingerprint density at radius 1 is 0.778 bits per heavy atom. The van der Waals surface area contributed by atoms with Gasteiger partial charge < -0.3 is 10.1 Å². The zero-order valence-electron chi connectivity index (χ0n) is 18.9. The lowest BCUT2D eigenvalue weighted by atomic mass is 9.85. The quantitative estimate of drug-likeness (QED) is 0.150. The number of amides is 1. The highest BCUT2D eigenvalue weighted by Crippen LogP contribution is 2.36. The number of benzene rings is 3. The third kappa shape index (κ3) is 7.56. The highest BCUT2D eigenvalue weighted by Gasteiger charge is 2.37. The lowest BCUT2D eigenvalue weighted by molar-refractivity contribution is -0.143. The normalized spacial score (nSPS) is 13.0. The van der Waals surface area contributed by atoms with E-state index in [2.05, 4.69) is 10.6 Å². The molecule has 4 nitrogen and oxygen atoms in total. The van der Waals surface area contributed by atoms with Crippen LogP contribution in [0.1, 0.15) is 33.7 Å². The second-order valence-electron chi connectivity index (χ2n) is 8.04. The molecule has 0 aromatic heterocycles. The Morgan fingerprint density at radius 3 is 1.72 bits per heavy atom. The summed E-state index contributed by atoms with van der Waals surface area (Å²) < 4.78 is 84.8. The molecule has 192 valence electrons. The second kappa shape index (κ2) is 12.0. The van der Waals surface area contributed by atoms with Gasteiger partial charge in [0.15, 0.2) is 0 Å². The number of carbonyl (C=O) groups is 1. The molecule has 0 heterocycles. The van der Waals surface area contributed by atoms with Gasteiger partial charge in [-0.15, -0.1) is 0 Å². The summed E-state index contributed by atoms with van der Waals surface area (Å²) in [4.78, 5) is 10.8. The molecule has 0 aliphatic heterocycles. The molecule has 0 saturated heterocycles. The number of alkyl halides is 6. The fourth-order valence-electron chi connectivity index (χ4n) is 3.89. The molecular formula is C26H24F6N2O2. The first-order chi connectivity index (χ1) is 17.1. The number of nitrogens with one attached hydrogen (secondary N) is 2. The molecular weight excluding hydrogens is 486 g/mol. The van der Waals surface area contributed by atoms with Gasteiger partial charge >= 0.3 is 12.4 Å². The largest absolute Gasteiger partial charge is 0.416 e. The van der Waals surface area contributed by atoms with Crippen molar-refractivity contribution < 1.29 is 35.9 Å². The van der Waals surface area contributed by atoms with Gasteiger partial charge in [-0.25, -0.2) is 0 Å². The molecule has 0 bridgehead atoms. The Balaban J connectivity index is 1.86. The van der Waals surface area contributed by atoms with Gasteiger partial charge in [0.25, 0.3) is 0 Å². The monoisotopic (exact) mass is 510 g/mol. The highest BCUT2D eigenvalue weighted by atomic mass is 19.4. The van der Waals surface area contributed by atoms with Gasteiger partial charge in [0.1, 0.15) is 0 Å². The summed E-state index contributed by atoms with van der Waals surface area (Å²) in [6, 6.07) is 19.6. The van der Waals surface area contributed by atoms with Crippen molar-refractivity contribution in [3.8, 4) is 0 Å². The third-order valence-corrected chi connectivity index (χ3v) is 5.48. The van der Waals surface area contributed by atoms with Crippen LogP contribution in [-0.4, -0.2) is 25.7 Å². The van der Waals surface area contributed by atoms with Crippen molar-refractivity contribution in [2.45, 2.75) is 30.9 Å². The van der Waals surface area contributed by atoms with E-state index in [0.29, 0.717) is 18.5 Å². The first-order valence-electron chi connectivity index (χ1n) is 11.0. The number of rotatable bonds is 11. The topological polar surface area (TPSA) is 50.4 Å². The predicted molar refractivity (Wildman–Crippen MR) is 122 cm³/mol. The summed E-state index contributed by atoms with van der Waals surface area (Å²) in [5, 5.41) is 5.64. The van der Waals surface area contributed by atoms with Crippen LogP contribution in [0, 0.1) is 0 Å². The van der Waals surface area contributed by atoms with Crippen LogP contribution in [0.5, 0.6) is 0 Å². The Labute approximate surface area is 204 Å². The lowest BCUT2D eigenvalue weighted by Gasteiger charge is -2.29. The second-order valence-corrected chi connectivity index (χ2v) is 8.04. The van der Waals surface area contributed by atoms with E-state index >= 15 is 0 Å². The van der Waals surface area contributed by atoms with Gasteiger partial charge in [-0.1, -0.05) is 60.7 Å². The summed E-state index contributed by atoms with van der Waals surface area (Å²) in [5.74, 6) is -0.284. The maximum Gasteiger partial charge on any atom is 0.416 e. The van der Waals surface area contributed by atoms with E-state index in [1.54, 1.807) is 0 Å². The molecule has 3 aromatic rings. The van der Waals surface area contributed by atoms with Crippen molar-refractivity contribution in [2.75, 3.05) is 13.3 Å². The summed E-state index contributed by atoms with van der Waals surface area (Å²) >= 11 is 0. The van der Waals surface area contributed by atoms with Crippen LogP contribution in [0.3, 0.4) is 0 Å². The minimum Gasteiger partial charge on any atom is -0.375 e. The smallest absolute Gasteiger partial charge is 0.375 e. The fraction of sp³-hybridized carbons (Fsp3) is 0.269. The van der Waals surface area contributed by atoms with E-state index in [4.69, 9.17) is 4.74 Å². The highest BCUT2D eigenvalue weighted by molar-refractivity contribution is 5.45. The average Bonchev–Trinajstić information content (AvgIpc) is 2.84. The molecule has 2 N–H and O–H groups in total. The summed E-state index contributed by atoms with van der Waals surface area (Å²) in [5.41, 5.74) is -1.22. The van der Waals surface area contributed by atoms with Crippen LogP contribution in [0.15, 0.2) is 78.9 Å². The van der Waals surface area contributed by atoms with E-state index < -0.39 is 36.1 Å². The molecule has 0 aliphatic rings. The van der Waals surface area contributed by atoms with Crippen molar-refractivity contribution in [3.05, 3.63) is 107 Å². The van der Waals surface area contributed by atoms with Crippen molar-refractivity contribution >= 4 is 6.41 Å². The van der Waals surface area contributed by atoms with Gasteiger partial charge in [-0.05, 0) is 34.9 Å². The van der Waals surface area contributed by atoms with Crippen molar-refractivity contribution in [2.24, 2.45) is 0 Å². The predicted octanol–water partition coefficient (Wildman–Crippen LogP) is 5.73. The molecule has 0 aliphatic carbocycles. The molecule has 3 aromatic carbocycles. The maximum absolute atomic E-state index is 13.2. The van der Waals surface area contributed by atoms with Gasteiger partial charge in [0.2, 0.25) is 6.41 Å². The van der Waals surface area contributed by atoms with Crippen LogP contribution in [0.25, 0.3) is 0 Å².